The molecule has 3 fully saturated rings. The van der Waals surface area contributed by atoms with Gasteiger partial charge < -0.3 is 20.3 Å². The third kappa shape index (κ3) is 2.74. The molecule has 1 aromatic heterocycles. The topological polar surface area (TPSA) is 107 Å². The van der Waals surface area contributed by atoms with E-state index in [1.54, 1.807) is 21.6 Å². The maximum Gasteiger partial charge on any atom is 0.326 e. The first-order chi connectivity index (χ1) is 13.5. The largest absolute Gasteiger partial charge is 0.393 e. The van der Waals surface area contributed by atoms with Gasteiger partial charge >= 0.3 is 5.69 Å². The average Bonchev–Trinajstić information content (AvgIpc) is 3.35. The standard InChI is InChI=1S/C20H24N4O4/c25-14-4-2-13(3-5-14)24-17-6-1-11(7-16(17)22-20(24)28)19(27)23-9-12-8-21-18(26)15(12)10-23/h1,6-7,12-15,25H,2-5,8-10H2,(H,21,26)(H,22,28)/t12-,13?,14?,15+/m0/s1. The van der Waals surface area contributed by atoms with Gasteiger partial charge in [0.2, 0.25) is 5.91 Å². The smallest absolute Gasteiger partial charge is 0.326 e. The van der Waals surface area contributed by atoms with Crippen molar-refractivity contribution in [2.75, 3.05) is 19.6 Å². The number of hydrogen-bond acceptors (Lipinski definition) is 4. The highest BCUT2D eigenvalue weighted by molar-refractivity contribution is 5.98. The average molecular weight is 384 g/mol. The van der Waals surface area contributed by atoms with Crippen molar-refractivity contribution in [2.45, 2.75) is 37.8 Å². The van der Waals surface area contributed by atoms with Crippen molar-refractivity contribution in [1.82, 2.24) is 19.8 Å². The van der Waals surface area contributed by atoms with Gasteiger partial charge in [-0.3, -0.25) is 14.2 Å². The molecule has 8 nitrogen and oxygen atoms in total. The molecule has 2 saturated heterocycles. The minimum atomic E-state index is -0.275. The van der Waals surface area contributed by atoms with Crippen LogP contribution in [0.4, 0.5) is 0 Å². The molecular formula is C20H24N4O4. The highest BCUT2D eigenvalue weighted by Gasteiger charge is 2.43. The lowest BCUT2D eigenvalue weighted by Gasteiger charge is -2.26. The summed E-state index contributed by atoms with van der Waals surface area (Å²) in [5.74, 6) is 0.0335. The number of aromatic nitrogens is 2. The highest BCUT2D eigenvalue weighted by Crippen LogP contribution is 2.31. The van der Waals surface area contributed by atoms with Crippen LogP contribution < -0.4 is 11.0 Å². The van der Waals surface area contributed by atoms with Gasteiger partial charge in [0.1, 0.15) is 0 Å². The summed E-state index contributed by atoms with van der Waals surface area (Å²) < 4.78 is 1.76. The Labute approximate surface area is 161 Å². The molecule has 0 unspecified atom stereocenters. The third-order valence-electron chi connectivity index (χ3n) is 6.60. The monoisotopic (exact) mass is 384 g/mol. The fraction of sp³-hybridized carbons (Fsp3) is 0.550. The zero-order valence-corrected chi connectivity index (χ0v) is 15.6. The Morgan fingerprint density at radius 3 is 2.64 bits per heavy atom. The molecule has 3 N–H and O–H groups in total. The van der Waals surface area contributed by atoms with Gasteiger partial charge in [-0.2, -0.15) is 0 Å². The second kappa shape index (κ2) is 6.48. The molecule has 1 aliphatic carbocycles. The van der Waals surface area contributed by atoms with E-state index in [1.165, 1.54) is 0 Å². The molecule has 2 atom stereocenters. The Morgan fingerprint density at radius 1 is 1.11 bits per heavy atom. The van der Waals surface area contributed by atoms with E-state index in [2.05, 4.69) is 10.3 Å². The second-order valence-electron chi connectivity index (χ2n) is 8.32. The molecule has 5 rings (SSSR count). The van der Waals surface area contributed by atoms with E-state index in [0.29, 0.717) is 43.6 Å². The molecule has 2 aliphatic heterocycles. The number of aliphatic hydroxyl groups is 1. The predicted molar refractivity (Wildman–Crippen MR) is 102 cm³/mol. The number of H-pyrrole nitrogens is 1. The number of benzene rings is 1. The van der Waals surface area contributed by atoms with Gasteiger partial charge in [0, 0.05) is 37.2 Å². The highest BCUT2D eigenvalue weighted by atomic mass is 16.3. The summed E-state index contributed by atoms with van der Waals surface area (Å²) in [7, 11) is 0. The van der Waals surface area contributed by atoms with E-state index >= 15 is 0 Å². The van der Waals surface area contributed by atoms with Crippen LogP contribution in [0.3, 0.4) is 0 Å². The summed E-state index contributed by atoms with van der Waals surface area (Å²) in [5, 5.41) is 12.6. The second-order valence-corrected chi connectivity index (χ2v) is 8.32. The van der Waals surface area contributed by atoms with Crippen LogP contribution in [0.5, 0.6) is 0 Å². The van der Waals surface area contributed by atoms with E-state index in [-0.39, 0.29) is 41.5 Å². The summed E-state index contributed by atoms with van der Waals surface area (Å²) in [6, 6.07) is 5.40. The normalized spacial score (nSPS) is 29.9. The Kier molecular flexibility index (Phi) is 4.04. The molecule has 0 radical (unpaired) electrons. The molecule has 2 amide bonds. The van der Waals surface area contributed by atoms with Crippen LogP contribution >= 0.6 is 0 Å². The van der Waals surface area contributed by atoms with Crippen LogP contribution in [-0.4, -0.2) is 57.1 Å². The van der Waals surface area contributed by atoms with E-state index in [4.69, 9.17) is 0 Å². The maximum absolute atomic E-state index is 12.9. The van der Waals surface area contributed by atoms with Crippen molar-refractivity contribution in [1.29, 1.82) is 0 Å². The molecule has 1 saturated carbocycles. The summed E-state index contributed by atoms with van der Waals surface area (Å²) >= 11 is 0. The lowest BCUT2D eigenvalue weighted by molar-refractivity contribution is -0.122. The summed E-state index contributed by atoms with van der Waals surface area (Å²) in [6.07, 6.45) is 2.67. The quantitative estimate of drug-likeness (QED) is 0.706. The Balaban J connectivity index is 1.41. The van der Waals surface area contributed by atoms with Crippen LogP contribution in [0.25, 0.3) is 11.0 Å². The van der Waals surface area contributed by atoms with Gasteiger partial charge in [0.15, 0.2) is 0 Å². The number of carbonyl (C=O) groups is 2. The van der Waals surface area contributed by atoms with Crippen molar-refractivity contribution in [3.05, 3.63) is 34.2 Å². The summed E-state index contributed by atoms with van der Waals surface area (Å²) in [4.78, 5) is 41.9. The molecule has 148 valence electrons. The van der Waals surface area contributed by atoms with Gasteiger partial charge in [0.25, 0.3) is 5.91 Å². The predicted octanol–water partition coefficient (Wildman–Crippen LogP) is 0.624. The van der Waals surface area contributed by atoms with Crippen molar-refractivity contribution in [2.24, 2.45) is 11.8 Å². The van der Waals surface area contributed by atoms with Crippen LogP contribution in [0.2, 0.25) is 0 Å². The molecule has 0 bridgehead atoms. The van der Waals surface area contributed by atoms with Crippen molar-refractivity contribution >= 4 is 22.8 Å². The number of imidazole rings is 1. The zero-order valence-electron chi connectivity index (χ0n) is 15.6. The number of aliphatic hydroxyl groups excluding tert-OH is 1. The van der Waals surface area contributed by atoms with Crippen LogP contribution in [0.15, 0.2) is 23.0 Å². The van der Waals surface area contributed by atoms with Gasteiger partial charge in [-0.15, -0.1) is 0 Å². The lowest BCUT2D eigenvalue weighted by atomic mass is 9.93. The van der Waals surface area contributed by atoms with E-state index in [1.807, 2.05) is 6.07 Å². The van der Waals surface area contributed by atoms with Crippen LogP contribution in [0, 0.1) is 11.8 Å². The third-order valence-corrected chi connectivity index (χ3v) is 6.60. The number of nitrogens with one attached hydrogen (secondary N) is 2. The number of fused-ring (bicyclic) bond motifs is 2. The number of hydrogen-bond donors (Lipinski definition) is 3. The molecule has 0 spiro atoms. The molecule has 1 aromatic carbocycles. The van der Waals surface area contributed by atoms with E-state index in [9.17, 15) is 19.5 Å². The number of rotatable bonds is 2. The zero-order chi connectivity index (χ0) is 19.4. The minimum Gasteiger partial charge on any atom is -0.393 e. The lowest BCUT2D eigenvalue weighted by Crippen LogP contribution is -2.33. The van der Waals surface area contributed by atoms with Gasteiger partial charge in [-0.05, 0) is 43.9 Å². The first kappa shape index (κ1) is 17.5. The molecule has 8 heteroatoms. The van der Waals surface area contributed by atoms with Crippen LogP contribution in [-0.2, 0) is 4.79 Å². The van der Waals surface area contributed by atoms with Gasteiger partial charge in [-0.1, -0.05) is 0 Å². The molecule has 3 aliphatic rings. The maximum atomic E-state index is 12.9. The number of amides is 2. The van der Waals surface area contributed by atoms with Crippen molar-refractivity contribution < 1.29 is 14.7 Å². The van der Waals surface area contributed by atoms with Gasteiger partial charge in [0.05, 0.1) is 23.1 Å². The fourth-order valence-corrected chi connectivity index (χ4v) is 5.03. The Hall–Kier alpha value is -2.61. The molecule has 2 aromatic rings. The van der Waals surface area contributed by atoms with Crippen molar-refractivity contribution in [3.8, 4) is 0 Å². The summed E-state index contributed by atoms with van der Waals surface area (Å²) in [5.41, 5.74) is 1.80. The van der Waals surface area contributed by atoms with Gasteiger partial charge in [-0.25, -0.2) is 4.79 Å². The first-order valence-corrected chi connectivity index (χ1v) is 10.0. The molecular weight excluding hydrogens is 360 g/mol. The SMILES string of the molecule is O=C1NC[C@H]2CN(C(=O)c3ccc4c(c3)[nH]c(=O)n4C3CCC(O)CC3)C[C@@H]12. The first-order valence-electron chi connectivity index (χ1n) is 10.0. The summed E-state index contributed by atoms with van der Waals surface area (Å²) in [6.45, 7) is 1.68. The minimum absolute atomic E-state index is 0.0368. The van der Waals surface area contributed by atoms with E-state index < -0.39 is 0 Å². The Bertz CT molecular complexity index is 1000. The van der Waals surface area contributed by atoms with Crippen molar-refractivity contribution in [3.63, 3.8) is 0 Å². The number of aromatic amines is 1. The fourth-order valence-electron chi connectivity index (χ4n) is 5.03. The molecule has 3 heterocycles. The number of likely N-dealkylation sites (tertiary alicyclic amines) is 1. The Morgan fingerprint density at radius 2 is 1.89 bits per heavy atom. The van der Waals surface area contributed by atoms with Crippen LogP contribution in [0.1, 0.15) is 42.1 Å². The number of nitrogens with zero attached hydrogens (tertiary/aromatic N) is 2. The van der Waals surface area contributed by atoms with E-state index in [0.717, 1.165) is 18.4 Å². The number of carbonyl (C=O) groups excluding carboxylic acids is 2. The molecule has 28 heavy (non-hydrogen) atoms.